The van der Waals surface area contributed by atoms with E-state index in [1.54, 1.807) is 6.92 Å². The molecule has 0 aliphatic rings. The van der Waals surface area contributed by atoms with Gasteiger partial charge >= 0.3 is 5.97 Å². The van der Waals surface area contributed by atoms with E-state index in [0.29, 0.717) is 0 Å². The van der Waals surface area contributed by atoms with Crippen molar-refractivity contribution in [1.29, 1.82) is 0 Å². The van der Waals surface area contributed by atoms with Gasteiger partial charge in [0.15, 0.2) is 0 Å². The number of hydrogen-bond acceptors (Lipinski definition) is 4. The van der Waals surface area contributed by atoms with Gasteiger partial charge in [-0.3, -0.25) is 0 Å². The predicted octanol–water partition coefficient (Wildman–Crippen LogP) is 2.91. The monoisotopic (exact) mass is 213 g/mol. The Morgan fingerprint density at radius 1 is 1.57 bits per heavy atom. The lowest BCUT2D eigenvalue weighted by molar-refractivity contribution is 0.0526. The van der Waals surface area contributed by atoms with E-state index in [2.05, 4.69) is 5.18 Å². The van der Waals surface area contributed by atoms with Gasteiger partial charge in [-0.2, -0.15) is 0 Å². The molecular formula is C9H8ClNO3. The van der Waals surface area contributed by atoms with Gasteiger partial charge in [0, 0.05) is 0 Å². The first kappa shape index (κ1) is 10.7. The van der Waals surface area contributed by atoms with Gasteiger partial charge in [0.05, 0.1) is 17.2 Å². The lowest BCUT2D eigenvalue weighted by Crippen LogP contribution is -2.03. The highest BCUT2D eigenvalue weighted by Gasteiger charge is 2.09. The second-order valence-corrected chi connectivity index (χ2v) is 2.89. The maximum absolute atomic E-state index is 11.2. The number of carbonyl (C=O) groups excluding carboxylic acids is 1. The Bertz CT molecular complexity index is 365. The fraction of sp³-hybridized carbons (Fsp3) is 0.222. The van der Waals surface area contributed by atoms with Crippen molar-refractivity contribution in [2.24, 2.45) is 5.18 Å². The predicted molar refractivity (Wildman–Crippen MR) is 52.9 cm³/mol. The summed E-state index contributed by atoms with van der Waals surface area (Å²) in [7, 11) is 0. The molecule has 0 aliphatic heterocycles. The van der Waals surface area contributed by atoms with Crippen LogP contribution in [0.15, 0.2) is 23.4 Å². The number of benzene rings is 1. The van der Waals surface area contributed by atoms with Crippen LogP contribution in [0.3, 0.4) is 0 Å². The van der Waals surface area contributed by atoms with E-state index < -0.39 is 5.97 Å². The van der Waals surface area contributed by atoms with Crippen LogP contribution in [0.5, 0.6) is 0 Å². The summed E-state index contributed by atoms with van der Waals surface area (Å²) >= 11 is 5.63. The number of esters is 1. The molecule has 0 radical (unpaired) electrons. The maximum atomic E-state index is 11.2. The number of nitrogens with zero attached hydrogens (tertiary/aromatic N) is 1. The highest BCUT2D eigenvalue weighted by molar-refractivity contribution is 6.33. The van der Waals surface area contributed by atoms with Crippen LogP contribution in [-0.4, -0.2) is 12.6 Å². The zero-order valence-electron chi connectivity index (χ0n) is 7.49. The molecule has 0 N–H and O–H groups in total. The first-order chi connectivity index (χ1) is 6.69. The van der Waals surface area contributed by atoms with Crippen molar-refractivity contribution >= 4 is 23.3 Å². The van der Waals surface area contributed by atoms with E-state index in [9.17, 15) is 9.70 Å². The average Bonchev–Trinajstić information content (AvgIpc) is 2.19. The maximum Gasteiger partial charge on any atom is 0.338 e. The first-order valence-corrected chi connectivity index (χ1v) is 4.37. The molecule has 0 spiro atoms. The Balaban J connectivity index is 3.00. The topological polar surface area (TPSA) is 55.7 Å². The smallest absolute Gasteiger partial charge is 0.338 e. The van der Waals surface area contributed by atoms with Crippen molar-refractivity contribution in [3.8, 4) is 0 Å². The molecule has 0 bridgehead atoms. The largest absolute Gasteiger partial charge is 0.462 e. The van der Waals surface area contributed by atoms with Crippen LogP contribution in [0.25, 0.3) is 0 Å². The third kappa shape index (κ3) is 2.29. The minimum absolute atomic E-state index is 0.0391. The van der Waals surface area contributed by atoms with Gasteiger partial charge in [-0.15, -0.1) is 4.91 Å². The molecule has 0 fully saturated rings. The van der Waals surface area contributed by atoms with Gasteiger partial charge in [-0.25, -0.2) is 4.79 Å². The summed E-state index contributed by atoms with van der Waals surface area (Å²) in [6.45, 7) is 1.98. The van der Waals surface area contributed by atoms with Gasteiger partial charge < -0.3 is 4.74 Å². The summed E-state index contributed by atoms with van der Waals surface area (Å²) in [4.78, 5) is 21.5. The summed E-state index contributed by atoms with van der Waals surface area (Å²) in [5.41, 5.74) is 0.308. The van der Waals surface area contributed by atoms with E-state index in [1.165, 1.54) is 18.2 Å². The Morgan fingerprint density at radius 2 is 2.29 bits per heavy atom. The molecule has 0 saturated carbocycles. The van der Waals surface area contributed by atoms with Gasteiger partial charge in [0.1, 0.15) is 5.69 Å². The molecule has 5 heteroatoms. The van der Waals surface area contributed by atoms with E-state index in [1.807, 2.05) is 0 Å². The molecular weight excluding hydrogens is 206 g/mol. The standard InChI is InChI=1S/C9H8ClNO3/c1-2-14-9(12)6-3-4-7(10)8(5-6)11-13/h3-5H,2H2,1H3. The van der Waals surface area contributed by atoms with Crippen LogP contribution in [-0.2, 0) is 4.74 Å². The van der Waals surface area contributed by atoms with E-state index in [-0.39, 0.29) is 22.9 Å². The van der Waals surface area contributed by atoms with Gasteiger partial charge in [-0.1, -0.05) is 11.6 Å². The van der Waals surface area contributed by atoms with Crippen molar-refractivity contribution < 1.29 is 9.53 Å². The number of ether oxygens (including phenoxy) is 1. The molecule has 0 atom stereocenters. The zero-order chi connectivity index (χ0) is 10.6. The first-order valence-electron chi connectivity index (χ1n) is 3.99. The zero-order valence-corrected chi connectivity index (χ0v) is 8.25. The summed E-state index contributed by atoms with van der Waals surface area (Å²) in [5.74, 6) is -0.492. The van der Waals surface area contributed by atoms with Crippen molar-refractivity contribution in [2.45, 2.75) is 6.92 Å². The quantitative estimate of drug-likeness (QED) is 0.573. The van der Waals surface area contributed by atoms with Crippen molar-refractivity contribution in [3.63, 3.8) is 0 Å². The highest BCUT2D eigenvalue weighted by Crippen LogP contribution is 2.25. The highest BCUT2D eigenvalue weighted by atomic mass is 35.5. The molecule has 14 heavy (non-hydrogen) atoms. The molecule has 0 heterocycles. The number of rotatable bonds is 3. The molecule has 4 nitrogen and oxygen atoms in total. The number of nitroso groups, excluding NO2 is 1. The molecule has 0 saturated heterocycles. The Morgan fingerprint density at radius 3 is 2.86 bits per heavy atom. The molecule has 0 amide bonds. The fourth-order valence-electron chi connectivity index (χ4n) is 0.924. The van der Waals surface area contributed by atoms with Crippen LogP contribution in [0, 0.1) is 4.91 Å². The second-order valence-electron chi connectivity index (χ2n) is 2.48. The molecule has 74 valence electrons. The third-order valence-electron chi connectivity index (χ3n) is 1.56. The Hall–Kier alpha value is -1.42. The number of hydrogen-bond donors (Lipinski definition) is 0. The number of halogens is 1. The van der Waals surface area contributed by atoms with Crippen LogP contribution in [0.1, 0.15) is 17.3 Å². The fourth-order valence-corrected chi connectivity index (χ4v) is 1.08. The second kappa shape index (κ2) is 4.72. The molecule has 1 rings (SSSR count). The van der Waals surface area contributed by atoms with Crippen molar-refractivity contribution in [2.75, 3.05) is 6.61 Å². The number of carbonyl (C=O) groups is 1. The SMILES string of the molecule is CCOC(=O)c1ccc(Cl)c(N=O)c1. The normalized spacial score (nSPS) is 9.57. The summed E-state index contributed by atoms with van der Waals surface area (Å²) in [5, 5.41) is 2.90. The summed E-state index contributed by atoms with van der Waals surface area (Å²) in [6, 6.07) is 4.22. The summed E-state index contributed by atoms with van der Waals surface area (Å²) < 4.78 is 4.74. The Kier molecular flexibility index (Phi) is 3.59. The minimum Gasteiger partial charge on any atom is -0.462 e. The van der Waals surface area contributed by atoms with Gasteiger partial charge in [0.2, 0.25) is 0 Å². The lowest BCUT2D eigenvalue weighted by atomic mass is 10.2. The lowest BCUT2D eigenvalue weighted by Gasteiger charge is -2.02. The van der Waals surface area contributed by atoms with Crippen LogP contribution < -0.4 is 0 Å². The van der Waals surface area contributed by atoms with Crippen molar-refractivity contribution in [1.82, 2.24) is 0 Å². The molecule has 1 aromatic rings. The van der Waals surface area contributed by atoms with Gasteiger partial charge in [-0.05, 0) is 30.3 Å². The average molecular weight is 214 g/mol. The van der Waals surface area contributed by atoms with E-state index in [0.717, 1.165) is 0 Å². The van der Waals surface area contributed by atoms with Crippen LogP contribution >= 0.6 is 11.6 Å². The van der Waals surface area contributed by atoms with E-state index in [4.69, 9.17) is 16.3 Å². The van der Waals surface area contributed by atoms with Crippen molar-refractivity contribution in [3.05, 3.63) is 33.7 Å². The Labute approximate surface area is 85.8 Å². The third-order valence-corrected chi connectivity index (χ3v) is 1.88. The molecule has 1 aromatic carbocycles. The molecule has 0 aromatic heterocycles. The van der Waals surface area contributed by atoms with Crippen LogP contribution in [0.4, 0.5) is 5.69 Å². The molecule has 0 unspecified atom stereocenters. The van der Waals surface area contributed by atoms with Gasteiger partial charge in [0.25, 0.3) is 0 Å². The van der Waals surface area contributed by atoms with Crippen LogP contribution in [0.2, 0.25) is 5.02 Å². The minimum atomic E-state index is -0.492. The van der Waals surface area contributed by atoms with E-state index >= 15 is 0 Å². The molecule has 0 aliphatic carbocycles. The summed E-state index contributed by atoms with van der Waals surface area (Å²) in [6.07, 6.45) is 0.